The predicted octanol–water partition coefficient (Wildman–Crippen LogP) is 4.23. The van der Waals surface area contributed by atoms with E-state index in [4.69, 9.17) is 4.98 Å². The number of hydrogen-bond donors (Lipinski definition) is 1. The minimum Gasteiger partial charge on any atom is -0.356 e. The maximum Gasteiger partial charge on any atom is 0.128 e. The molecule has 182 valence electrons. The lowest BCUT2D eigenvalue weighted by molar-refractivity contribution is 0.296. The van der Waals surface area contributed by atoms with Gasteiger partial charge in [0.15, 0.2) is 0 Å². The molecule has 10 heteroatoms. The molecule has 0 unspecified atom stereocenters. The van der Waals surface area contributed by atoms with Crippen molar-refractivity contribution in [3.8, 4) is 28.3 Å². The highest BCUT2D eigenvalue weighted by atomic mass is 35.5. The van der Waals surface area contributed by atoms with Gasteiger partial charge in [0.1, 0.15) is 11.9 Å². The maximum atomic E-state index is 9.64. The molecule has 2 saturated heterocycles. The topological polar surface area (TPSA) is 87.1 Å². The molecule has 0 amide bonds. The number of nitrogens with one attached hydrogen (secondary N) is 1. The third-order valence-electron chi connectivity index (χ3n) is 7.21. The van der Waals surface area contributed by atoms with Crippen LogP contribution in [0.3, 0.4) is 0 Å². The van der Waals surface area contributed by atoms with E-state index in [0.717, 1.165) is 53.2 Å². The van der Waals surface area contributed by atoms with Crippen molar-refractivity contribution in [3.05, 3.63) is 54.7 Å². The molecule has 6 rings (SSSR count). The Hall–Kier alpha value is -3.12. The molecule has 8 nitrogen and oxygen atoms in total. The molecule has 6 heterocycles. The Kier molecular flexibility index (Phi) is 7.04. The summed E-state index contributed by atoms with van der Waals surface area (Å²) >= 11 is 0. The molecule has 2 fully saturated rings. The molecular formula is C25H28Cl2N8. The highest BCUT2D eigenvalue weighted by molar-refractivity contribution is 5.87. The fourth-order valence-electron chi connectivity index (χ4n) is 5.34. The van der Waals surface area contributed by atoms with E-state index >= 15 is 0 Å². The van der Waals surface area contributed by atoms with Crippen LogP contribution in [0, 0.1) is 11.3 Å². The molecule has 2 aliphatic rings. The van der Waals surface area contributed by atoms with Gasteiger partial charge in [0.05, 0.1) is 23.5 Å². The number of nitriles is 1. The Morgan fingerprint density at radius 3 is 2.43 bits per heavy atom. The lowest BCUT2D eigenvalue weighted by Gasteiger charge is -2.40. The van der Waals surface area contributed by atoms with Crippen LogP contribution in [0.2, 0.25) is 0 Å². The van der Waals surface area contributed by atoms with E-state index in [1.807, 2.05) is 31.8 Å². The Morgan fingerprint density at radius 1 is 0.971 bits per heavy atom. The largest absolute Gasteiger partial charge is 0.356 e. The van der Waals surface area contributed by atoms with Crippen LogP contribution in [0.4, 0.5) is 5.82 Å². The third kappa shape index (κ3) is 4.47. The lowest BCUT2D eigenvalue weighted by Crippen LogP contribution is -2.50. The fraction of sp³-hybridized carbons (Fsp3) is 0.360. The van der Waals surface area contributed by atoms with Gasteiger partial charge in [-0.05, 0) is 50.4 Å². The molecule has 0 aromatic carbocycles. The third-order valence-corrected chi connectivity index (χ3v) is 7.21. The molecule has 0 saturated carbocycles. The number of anilines is 1. The monoisotopic (exact) mass is 510 g/mol. The van der Waals surface area contributed by atoms with Crippen molar-refractivity contribution in [2.45, 2.75) is 31.2 Å². The summed E-state index contributed by atoms with van der Waals surface area (Å²) in [6, 6.07) is 8.59. The van der Waals surface area contributed by atoms with Crippen LogP contribution in [-0.4, -0.2) is 49.6 Å². The number of hydrogen-bond acceptors (Lipinski definition) is 6. The Bertz CT molecular complexity index is 1350. The molecule has 0 radical (unpaired) electrons. The first-order valence-corrected chi connectivity index (χ1v) is 11.5. The zero-order chi connectivity index (χ0) is 22.4. The average Bonchev–Trinajstić information content (AvgIpc) is 3.59. The first-order valence-electron chi connectivity index (χ1n) is 11.5. The second kappa shape index (κ2) is 9.86. The number of nitrogens with zero attached hydrogens (tertiary/aromatic N) is 7. The normalized spacial score (nSPS) is 16.6. The van der Waals surface area contributed by atoms with Gasteiger partial charge in [-0.3, -0.25) is 4.68 Å². The van der Waals surface area contributed by atoms with Gasteiger partial charge in [0.2, 0.25) is 0 Å². The number of aromatic nitrogens is 5. The quantitative estimate of drug-likeness (QED) is 0.443. The lowest BCUT2D eigenvalue weighted by atomic mass is 9.86. The van der Waals surface area contributed by atoms with Crippen LogP contribution >= 0.6 is 24.8 Å². The van der Waals surface area contributed by atoms with Gasteiger partial charge in [-0.25, -0.2) is 9.50 Å². The number of pyridine rings is 2. The van der Waals surface area contributed by atoms with Gasteiger partial charge in [-0.2, -0.15) is 15.5 Å². The van der Waals surface area contributed by atoms with E-state index in [9.17, 15) is 5.26 Å². The van der Waals surface area contributed by atoms with E-state index < -0.39 is 0 Å². The predicted molar refractivity (Wildman–Crippen MR) is 141 cm³/mol. The first-order chi connectivity index (χ1) is 16.1. The summed E-state index contributed by atoms with van der Waals surface area (Å²) in [5.74, 6) is 1.01. The van der Waals surface area contributed by atoms with E-state index in [-0.39, 0.29) is 24.8 Å². The minimum absolute atomic E-state index is 0. The Morgan fingerprint density at radius 2 is 1.80 bits per heavy atom. The van der Waals surface area contributed by atoms with Gasteiger partial charge < -0.3 is 10.2 Å². The number of piperidine rings is 1. The van der Waals surface area contributed by atoms with Crippen molar-refractivity contribution >= 4 is 36.1 Å². The molecule has 4 aromatic heterocycles. The highest BCUT2D eigenvalue weighted by Crippen LogP contribution is 2.34. The van der Waals surface area contributed by atoms with E-state index in [1.165, 1.54) is 25.7 Å². The molecule has 0 aliphatic carbocycles. The molecule has 0 bridgehead atoms. The molecule has 2 aliphatic heterocycles. The summed E-state index contributed by atoms with van der Waals surface area (Å²) in [5, 5.41) is 22.1. The molecule has 0 atom stereocenters. The summed E-state index contributed by atoms with van der Waals surface area (Å²) in [5.41, 5.74) is 5.61. The van der Waals surface area contributed by atoms with Crippen molar-refractivity contribution < 1.29 is 0 Å². The number of fused-ring (bicyclic) bond motifs is 1. The number of aryl methyl sites for hydroxylation is 1. The summed E-state index contributed by atoms with van der Waals surface area (Å²) in [6.07, 6.45) is 14.2. The Labute approximate surface area is 216 Å². The van der Waals surface area contributed by atoms with Crippen LogP contribution in [0.25, 0.3) is 27.8 Å². The van der Waals surface area contributed by atoms with Gasteiger partial charge in [0, 0.05) is 66.5 Å². The summed E-state index contributed by atoms with van der Waals surface area (Å²) in [7, 11) is 1.90. The van der Waals surface area contributed by atoms with Crippen LogP contribution in [-0.2, 0) is 7.05 Å². The smallest absolute Gasteiger partial charge is 0.128 e. The molecule has 35 heavy (non-hydrogen) atoms. The maximum absolute atomic E-state index is 9.64. The second-order valence-corrected chi connectivity index (χ2v) is 9.21. The summed E-state index contributed by atoms with van der Waals surface area (Å²) in [4.78, 5) is 7.21. The minimum atomic E-state index is 0. The van der Waals surface area contributed by atoms with Crippen molar-refractivity contribution in [1.82, 2.24) is 29.7 Å². The molecule has 4 aromatic rings. The van der Waals surface area contributed by atoms with Gasteiger partial charge >= 0.3 is 0 Å². The summed E-state index contributed by atoms with van der Waals surface area (Å²) in [6.45, 7) is 3.21. The van der Waals surface area contributed by atoms with Crippen LogP contribution in [0.15, 0.2) is 49.2 Å². The highest BCUT2D eigenvalue weighted by Gasteiger charge is 2.36. The number of rotatable bonds is 3. The second-order valence-electron chi connectivity index (χ2n) is 9.21. The fourth-order valence-corrected chi connectivity index (χ4v) is 5.34. The average molecular weight is 511 g/mol. The van der Waals surface area contributed by atoms with E-state index in [0.29, 0.717) is 11.1 Å². The van der Waals surface area contributed by atoms with Crippen molar-refractivity contribution in [1.29, 1.82) is 5.26 Å². The molecule has 1 spiro atoms. The summed E-state index contributed by atoms with van der Waals surface area (Å²) < 4.78 is 3.56. The number of halogens is 2. The first kappa shape index (κ1) is 25.0. The van der Waals surface area contributed by atoms with Crippen molar-refractivity contribution in [3.63, 3.8) is 0 Å². The molecular weight excluding hydrogens is 483 g/mol. The zero-order valence-corrected chi connectivity index (χ0v) is 21.1. The SMILES string of the molecule is Cl.Cl.Cn1cc(-c2cc(-c3ccc(N4CCC5(CCCN5)CC4)nc3)c3c(C#N)cnn3c2)cn1. The van der Waals surface area contributed by atoms with Gasteiger partial charge in [-0.15, -0.1) is 24.8 Å². The molecule has 1 N–H and O–H groups in total. The van der Waals surface area contributed by atoms with Crippen LogP contribution in [0.5, 0.6) is 0 Å². The standard InChI is InChI=1S/C25H26N8.2ClH/c1-31-16-21(15-29-31)19-11-22(24-20(12-26)14-30-33(24)17-19)18-3-4-23(27-13-18)32-9-6-25(7-10-32)5-2-8-28-25;;/h3-4,11,13-17,28H,2,5-10H2,1H3;2*1H. The van der Waals surface area contributed by atoms with Crippen LogP contribution in [0.1, 0.15) is 31.2 Å². The van der Waals surface area contributed by atoms with E-state index in [1.54, 1.807) is 15.4 Å². The van der Waals surface area contributed by atoms with Crippen molar-refractivity contribution in [2.24, 2.45) is 7.05 Å². The zero-order valence-electron chi connectivity index (χ0n) is 19.5. The Balaban J connectivity index is 0.00000144. The van der Waals surface area contributed by atoms with Gasteiger partial charge in [0.25, 0.3) is 0 Å². The van der Waals surface area contributed by atoms with E-state index in [2.05, 4.69) is 44.7 Å². The van der Waals surface area contributed by atoms with Crippen molar-refractivity contribution in [2.75, 3.05) is 24.5 Å². The van der Waals surface area contributed by atoms with Gasteiger partial charge in [-0.1, -0.05) is 0 Å². The van der Waals surface area contributed by atoms with Crippen LogP contribution < -0.4 is 10.2 Å².